The summed E-state index contributed by atoms with van der Waals surface area (Å²) in [4.78, 5) is 38.5. The number of hydrogen-bond acceptors (Lipinski definition) is 6. The highest BCUT2D eigenvalue weighted by molar-refractivity contribution is 7.89. The summed E-state index contributed by atoms with van der Waals surface area (Å²) in [6.07, 6.45) is 0.904. The van der Waals surface area contributed by atoms with Crippen LogP contribution in [-0.2, 0) is 29.1 Å². The van der Waals surface area contributed by atoms with E-state index >= 15 is 0 Å². The Morgan fingerprint density at radius 1 is 1.12 bits per heavy atom. The van der Waals surface area contributed by atoms with Gasteiger partial charge in [-0.3, -0.25) is 14.4 Å². The van der Waals surface area contributed by atoms with Gasteiger partial charge in [0.1, 0.15) is 6.04 Å². The van der Waals surface area contributed by atoms with E-state index in [1.165, 1.54) is 19.1 Å². The largest absolute Gasteiger partial charge is 0.377 e. The Kier molecular flexibility index (Phi) is 6.59. The van der Waals surface area contributed by atoms with Crippen molar-refractivity contribution in [3.05, 3.63) is 54.6 Å². The van der Waals surface area contributed by atoms with Crippen molar-refractivity contribution in [1.82, 2.24) is 4.31 Å². The Morgan fingerprint density at radius 2 is 1.82 bits per heavy atom. The minimum Gasteiger partial charge on any atom is -0.377 e. The Bertz CT molecular complexity index is 1140. The van der Waals surface area contributed by atoms with E-state index in [1.54, 1.807) is 42.5 Å². The molecule has 4 rings (SSSR count). The molecule has 9 nitrogen and oxygen atoms in total. The molecule has 1 N–H and O–H groups in total. The highest BCUT2D eigenvalue weighted by atomic mass is 32.2. The quantitative estimate of drug-likeness (QED) is 0.619. The molecule has 2 aliphatic rings. The van der Waals surface area contributed by atoms with E-state index in [2.05, 4.69) is 5.32 Å². The van der Waals surface area contributed by atoms with E-state index in [-0.39, 0.29) is 29.9 Å². The van der Waals surface area contributed by atoms with Gasteiger partial charge in [-0.15, -0.1) is 0 Å². The third-order valence-electron chi connectivity index (χ3n) is 5.67. The Morgan fingerprint density at radius 3 is 2.42 bits per heavy atom. The van der Waals surface area contributed by atoms with Crippen molar-refractivity contribution in [3.8, 4) is 0 Å². The van der Waals surface area contributed by atoms with Crippen molar-refractivity contribution in [2.24, 2.45) is 0 Å². The summed E-state index contributed by atoms with van der Waals surface area (Å²) < 4.78 is 33.8. The van der Waals surface area contributed by atoms with Crippen molar-refractivity contribution >= 4 is 39.1 Å². The van der Waals surface area contributed by atoms with Crippen molar-refractivity contribution in [1.29, 1.82) is 0 Å². The highest BCUT2D eigenvalue weighted by Gasteiger charge is 2.47. The molecule has 2 fully saturated rings. The molecule has 0 saturated carbocycles. The van der Waals surface area contributed by atoms with E-state index in [1.807, 2.05) is 0 Å². The number of carbonyl (C=O) groups excluding carboxylic acids is 3. The summed E-state index contributed by atoms with van der Waals surface area (Å²) in [5, 5.41) is 2.62. The predicted molar refractivity (Wildman–Crippen MR) is 121 cm³/mol. The fourth-order valence-corrected chi connectivity index (χ4v) is 5.75. The highest BCUT2D eigenvalue weighted by Crippen LogP contribution is 2.31. The minimum atomic E-state index is -4.05. The molecular weight excluding hydrogens is 446 g/mol. The smallest absolute Gasteiger partial charge is 0.252 e. The maximum atomic E-state index is 13.5. The maximum Gasteiger partial charge on any atom is 0.252 e. The third-order valence-corrected chi connectivity index (χ3v) is 7.56. The molecule has 2 atom stereocenters. The van der Waals surface area contributed by atoms with Gasteiger partial charge in [0.15, 0.2) is 0 Å². The van der Waals surface area contributed by atoms with Gasteiger partial charge in [-0.1, -0.05) is 18.2 Å². The number of benzene rings is 2. The number of carbonyl (C=O) groups is 3. The summed E-state index contributed by atoms with van der Waals surface area (Å²) in [6.45, 7) is 1.91. The Labute approximate surface area is 192 Å². The molecule has 2 unspecified atom stereocenters. The molecular formula is C23H25N3O6S. The molecule has 0 aromatic heterocycles. The van der Waals surface area contributed by atoms with Gasteiger partial charge in [0.05, 0.1) is 23.1 Å². The lowest BCUT2D eigenvalue weighted by Crippen LogP contribution is -2.48. The van der Waals surface area contributed by atoms with E-state index in [0.717, 1.165) is 15.6 Å². The zero-order valence-corrected chi connectivity index (χ0v) is 19.0. The second-order valence-electron chi connectivity index (χ2n) is 8.04. The van der Waals surface area contributed by atoms with Gasteiger partial charge in [-0.05, 0) is 49.2 Å². The van der Waals surface area contributed by atoms with E-state index in [0.29, 0.717) is 24.4 Å². The summed E-state index contributed by atoms with van der Waals surface area (Å²) in [6, 6.07) is 12.9. The number of ether oxygens (including phenoxy) is 1. The monoisotopic (exact) mass is 471 g/mol. The second kappa shape index (κ2) is 9.42. The van der Waals surface area contributed by atoms with Crippen LogP contribution in [0, 0.1) is 0 Å². The first-order chi connectivity index (χ1) is 15.8. The van der Waals surface area contributed by atoms with Crippen LogP contribution >= 0.6 is 0 Å². The van der Waals surface area contributed by atoms with Gasteiger partial charge in [0.2, 0.25) is 21.8 Å². The number of anilines is 2. The number of amides is 3. The SMILES string of the molecule is CC(=O)Nc1ccc(N2C(=O)CC(N(CC3CCCO3)S(=O)(=O)c3ccccc3)C2=O)cc1. The summed E-state index contributed by atoms with van der Waals surface area (Å²) in [5.41, 5.74) is 0.837. The summed E-state index contributed by atoms with van der Waals surface area (Å²) >= 11 is 0. The van der Waals surface area contributed by atoms with Crippen LogP contribution in [0.3, 0.4) is 0 Å². The van der Waals surface area contributed by atoms with Gasteiger partial charge in [-0.2, -0.15) is 4.31 Å². The van der Waals surface area contributed by atoms with Crippen LogP contribution in [0.1, 0.15) is 26.2 Å². The van der Waals surface area contributed by atoms with Crippen LogP contribution in [0.25, 0.3) is 0 Å². The standard InChI is InChI=1S/C23H25N3O6S/c1-16(27)24-17-9-11-18(12-10-17)26-22(28)14-21(23(26)29)25(15-19-6-5-13-32-19)33(30,31)20-7-3-2-4-8-20/h2-4,7-12,19,21H,5-6,13-15H2,1H3,(H,24,27). The lowest BCUT2D eigenvalue weighted by Gasteiger charge is -2.28. The average Bonchev–Trinajstić information content (AvgIpc) is 3.40. The molecule has 10 heteroatoms. The zero-order chi connectivity index (χ0) is 23.6. The first-order valence-electron chi connectivity index (χ1n) is 10.7. The van der Waals surface area contributed by atoms with Gasteiger partial charge in [-0.25, -0.2) is 13.3 Å². The molecule has 2 aliphatic heterocycles. The summed E-state index contributed by atoms with van der Waals surface area (Å²) in [7, 11) is -4.05. The van der Waals surface area contributed by atoms with Crippen LogP contribution < -0.4 is 10.2 Å². The maximum absolute atomic E-state index is 13.5. The number of nitrogens with one attached hydrogen (secondary N) is 1. The first-order valence-corrected chi connectivity index (χ1v) is 12.1. The van der Waals surface area contributed by atoms with E-state index in [9.17, 15) is 22.8 Å². The summed E-state index contributed by atoms with van der Waals surface area (Å²) in [5.74, 6) is -1.34. The van der Waals surface area contributed by atoms with Gasteiger partial charge < -0.3 is 10.1 Å². The molecule has 33 heavy (non-hydrogen) atoms. The molecule has 2 heterocycles. The van der Waals surface area contributed by atoms with Crippen LogP contribution in [0.5, 0.6) is 0 Å². The molecule has 2 saturated heterocycles. The third kappa shape index (κ3) is 4.82. The van der Waals surface area contributed by atoms with Gasteiger partial charge in [0.25, 0.3) is 5.91 Å². The predicted octanol–water partition coefficient (Wildman–Crippen LogP) is 2.15. The van der Waals surface area contributed by atoms with Gasteiger partial charge >= 0.3 is 0 Å². The Balaban J connectivity index is 1.64. The normalized spacial score (nSPS) is 21.1. The molecule has 2 aromatic carbocycles. The fraction of sp³-hybridized carbons (Fsp3) is 0.348. The number of hydrogen-bond donors (Lipinski definition) is 1. The van der Waals surface area contributed by atoms with Crippen LogP contribution in [0.15, 0.2) is 59.5 Å². The fourth-order valence-electron chi connectivity index (χ4n) is 4.12. The lowest BCUT2D eigenvalue weighted by molar-refractivity contribution is -0.122. The van der Waals surface area contributed by atoms with Crippen LogP contribution in [-0.4, -0.2) is 55.7 Å². The zero-order valence-electron chi connectivity index (χ0n) is 18.1. The molecule has 2 aromatic rings. The van der Waals surface area contributed by atoms with Crippen molar-refractivity contribution < 1.29 is 27.5 Å². The molecule has 0 aliphatic carbocycles. The number of imide groups is 1. The Hall–Kier alpha value is -3.08. The topological polar surface area (TPSA) is 113 Å². The molecule has 174 valence electrons. The lowest BCUT2D eigenvalue weighted by atomic mass is 10.2. The van der Waals surface area contributed by atoms with Crippen LogP contribution in [0.4, 0.5) is 11.4 Å². The van der Waals surface area contributed by atoms with Crippen LogP contribution in [0.2, 0.25) is 0 Å². The van der Waals surface area contributed by atoms with E-state index < -0.39 is 27.9 Å². The molecule has 0 spiro atoms. The van der Waals surface area contributed by atoms with E-state index in [4.69, 9.17) is 4.74 Å². The number of rotatable bonds is 7. The van der Waals surface area contributed by atoms with Crippen molar-refractivity contribution in [2.75, 3.05) is 23.4 Å². The number of nitrogens with zero attached hydrogens (tertiary/aromatic N) is 2. The minimum absolute atomic E-state index is 0.00375. The molecule has 0 radical (unpaired) electrons. The molecule has 0 bridgehead atoms. The first kappa shape index (κ1) is 23.1. The second-order valence-corrected chi connectivity index (χ2v) is 9.93. The van der Waals surface area contributed by atoms with Crippen molar-refractivity contribution in [3.63, 3.8) is 0 Å². The number of sulfonamides is 1. The van der Waals surface area contributed by atoms with Crippen molar-refractivity contribution in [2.45, 2.75) is 43.2 Å². The average molecular weight is 472 g/mol. The van der Waals surface area contributed by atoms with Gasteiger partial charge in [0, 0.05) is 25.8 Å². The molecule has 3 amide bonds.